The molecule has 24 heavy (non-hydrogen) atoms. The van der Waals surface area contributed by atoms with Gasteiger partial charge >= 0.3 is 0 Å². The maximum Gasteiger partial charge on any atom is 0.248 e. The lowest BCUT2D eigenvalue weighted by Crippen LogP contribution is -2.08. The molecule has 0 aliphatic carbocycles. The maximum atomic E-state index is 12.0. The lowest BCUT2D eigenvalue weighted by atomic mass is 10.2. The van der Waals surface area contributed by atoms with Gasteiger partial charge in [0.15, 0.2) is 0 Å². The number of pyridine rings is 1. The fourth-order valence-electron chi connectivity index (χ4n) is 2.14. The zero-order valence-corrected chi connectivity index (χ0v) is 15.0. The number of anilines is 1. The van der Waals surface area contributed by atoms with Gasteiger partial charge in [0.25, 0.3) is 0 Å². The minimum absolute atomic E-state index is 0.269. The number of carbonyl (C=O) groups excluding carboxylic acids is 1. The van der Waals surface area contributed by atoms with E-state index in [1.807, 2.05) is 6.92 Å². The normalized spacial score (nSPS) is 11.2. The molecular formula is C17H21ClN4O2. The first-order valence-electron chi connectivity index (χ1n) is 7.62. The van der Waals surface area contributed by atoms with E-state index in [0.717, 1.165) is 17.8 Å². The molecule has 0 aliphatic rings. The van der Waals surface area contributed by atoms with Crippen molar-refractivity contribution in [3.8, 4) is 5.88 Å². The first-order chi connectivity index (χ1) is 11.4. The fourth-order valence-corrected chi connectivity index (χ4v) is 2.45. The van der Waals surface area contributed by atoms with Crippen LogP contribution in [-0.4, -0.2) is 27.8 Å². The summed E-state index contributed by atoms with van der Waals surface area (Å²) in [5.74, 6) is 0.655. The van der Waals surface area contributed by atoms with E-state index in [1.54, 1.807) is 22.9 Å². The minimum Gasteiger partial charge on any atom is -0.481 e. The number of nitrogens with one attached hydrogen (secondary N) is 1. The second-order valence-corrected chi connectivity index (χ2v) is 6.14. The Morgan fingerprint density at radius 2 is 2.21 bits per heavy atom. The molecule has 128 valence electrons. The van der Waals surface area contributed by atoms with Gasteiger partial charge in [0.2, 0.25) is 11.8 Å². The summed E-state index contributed by atoms with van der Waals surface area (Å²) in [5.41, 5.74) is 2.12. The zero-order chi connectivity index (χ0) is 17.7. The van der Waals surface area contributed by atoms with Crippen molar-refractivity contribution >= 4 is 29.3 Å². The highest BCUT2D eigenvalue weighted by atomic mass is 35.5. The monoisotopic (exact) mass is 348 g/mol. The molecule has 0 unspecified atom stereocenters. The molecule has 0 spiro atoms. The third kappa shape index (κ3) is 4.58. The predicted molar refractivity (Wildman–Crippen MR) is 95.3 cm³/mol. The Balaban J connectivity index is 2.06. The van der Waals surface area contributed by atoms with Crippen LogP contribution in [0.3, 0.4) is 0 Å². The molecule has 2 aromatic heterocycles. The van der Waals surface area contributed by atoms with E-state index in [4.69, 9.17) is 16.3 Å². The quantitative estimate of drug-likeness (QED) is 0.810. The lowest BCUT2D eigenvalue weighted by molar-refractivity contribution is -0.111. The van der Waals surface area contributed by atoms with Gasteiger partial charge in [0.05, 0.1) is 24.7 Å². The number of hydrogen-bond acceptors (Lipinski definition) is 4. The first-order valence-corrected chi connectivity index (χ1v) is 8.00. The molecule has 0 saturated carbocycles. The van der Waals surface area contributed by atoms with Crippen LogP contribution in [0.1, 0.15) is 25.1 Å². The molecule has 0 aromatic carbocycles. The van der Waals surface area contributed by atoms with Gasteiger partial charge in [-0.2, -0.15) is 5.10 Å². The summed E-state index contributed by atoms with van der Waals surface area (Å²) >= 11 is 6.34. The molecule has 0 aliphatic heterocycles. The van der Waals surface area contributed by atoms with Crippen molar-refractivity contribution < 1.29 is 9.53 Å². The van der Waals surface area contributed by atoms with Crippen LogP contribution in [0.15, 0.2) is 24.4 Å². The fraction of sp³-hybridized carbons (Fsp3) is 0.353. The van der Waals surface area contributed by atoms with Crippen LogP contribution >= 0.6 is 11.6 Å². The second kappa shape index (κ2) is 7.97. The number of amides is 1. The van der Waals surface area contributed by atoms with E-state index in [1.165, 1.54) is 19.4 Å². The first kappa shape index (κ1) is 18.0. The topological polar surface area (TPSA) is 69.0 Å². The van der Waals surface area contributed by atoms with E-state index in [2.05, 4.69) is 29.2 Å². The third-order valence-electron chi connectivity index (χ3n) is 3.26. The number of nitrogens with zero attached hydrogens (tertiary/aromatic N) is 3. The Hall–Kier alpha value is -2.34. The molecule has 6 nitrogen and oxygen atoms in total. The zero-order valence-electron chi connectivity index (χ0n) is 14.2. The van der Waals surface area contributed by atoms with Crippen LogP contribution in [0.5, 0.6) is 5.88 Å². The summed E-state index contributed by atoms with van der Waals surface area (Å²) < 4.78 is 6.73. The minimum atomic E-state index is -0.269. The molecule has 1 amide bonds. The molecule has 2 aromatic rings. The Kier molecular flexibility index (Phi) is 5.98. The van der Waals surface area contributed by atoms with E-state index in [-0.39, 0.29) is 5.91 Å². The van der Waals surface area contributed by atoms with Crippen molar-refractivity contribution in [2.45, 2.75) is 27.3 Å². The summed E-state index contributed by atoms with van der Waals surface area (Å²) in [5, 5.41) is 7.67. The molecule has 0 atom stereocenters. The molecule has 2 rings (SSSR count). The standard InChI is InChI=1S/C17H21ClN4O2/c1-11(2)10-22-17(18)14(12(3)21-22)6-7-15(23)20-13-5-8-16(24-4)19-9-13/h5-9,11H,10H2,1-4H3,(H,20,23)/b7-6+. The summed E-state index contributed by atoms with van der Waals surface area (Å²) in [7, 11) is 1.54. The Labute approximate surface area is 146 Å². The highest BCUT2D eigenvalue weighted by Crippen LogP contribution is 2.22. The van der Waals surface area contributed by atoms with Gasteiger partial charge in [0, 0.05) is 24.3 Å². The maximum absolute atomic E-state index is 12.0. The van der Waals surface area contributed by atoms with Crippen molar-refractivity contribution in [1.82, 2.24) is 14.8 Å². The number of aromatic nitrogens is 3. The number of halogens is 1. The predicted octanol–water partition coefficient (Wildman–Crippen LogP) is 3.56. The molecule has 2 heterocycles. The lowest BCUT2D eigenvalue weighted by Gasteiger charge is -2.05. The SMILES string of the molecule is COc1ccc(NC(=O)/C=C/c2c(C)nn(CC(C)C)c2Cl)cn1. The van der Waals surface area contributed by atoms with Crippen LogP contribution in [-0.2, 0) is 11.3 Å². The van der Waals surface area contributed by atoms with Gasteiger partial charge in [0.1, 0.15) is 5.15 Å². The van der Waals surface area contributed by atoms with Crippen molar-refractivity contribution in [2.75, 3.05) is 12.4 Å². The average Bonchev–Trinajstić information content (AvgIpc) is 2.79. The van der Waals surface area contributed by atoms with Gasteiger partial charge in [-0.05, 0) is 25.0 Å². The van der Waals surface area contributed by atoms with E-state index >= 15 is 0 Å². The van der Waals surface area contributed by atoms with Crippen molar-refractivity contribution in [1.29, 1.82) is 0 Å². The van der Waals surface area contributed by atoms with E-state index in [9.17, 15) is 4.79 Å². The summed E-state index contributed by atoms with van der Waals surface area (Å²) in [4.78, 5) is 16.1. The van der Waals surface area contributed by atoms with Crippen molar-refractivity contribution in [2.24, 2.45) is 5.92 Å². The van der Waals surface area contributed by atoms with Crippen LogP contribution < -0.4 is 10.1 Å². The molecule has 0 bridgehead atoms. The largest absolute Gasteiger partial charge is 0.481 e. The van der Waals surface area contributed by atoms with E-state index in [0.29, 0.717) is 22.6 Å². The number of aryl methyl sites for hydroxylation is 1. The highest BCUT2D eigenvalue weighted by Gasteiger charge is 2.12. The van der Waals surface area contributed by atoms with Crippen LogP contribution in [0.2, 0.25) is 5.15 Å². The summed E-state index contributed by atoms with van der Waals surface area (Å²) in [6.45, 7) is 6.79. The van der Waals surface area contributed by atoms with Crippen LogP contribution in [0.4, 0.5) is 5.69 Å². The highest BCUT2D eigenvalue weighted by molar-refractivity contribution is 6.31. The Morgan fingerprint density at radius 1 is 1.46 bits per heavy atom. The van der Waals surface area contributed by atoms with Gasteiger partial charge in [-0.15, -0.1) is 0 Å². The molecule has 0 fully saturated rings. The van der Waals surface area contributed by atoms with Gasteiger partial charge < -0.3 is 10.1 Å². The number of carbonyl (C=O) groups is 1. The Bertz CT molecular complexity index is 736. The number of ether oxygens (including phenoxy) is 1. The van der Waals surface area contributed by atoms with Crippen LogP contribution in [0.25, 0.3) is 6.08 Å². The van der Waals surface area contributed by atoms with Crippen molar-refractivity contribution in [3.63, 3.8) is 0 Å². The third-order valence-corrected chi connectivity index (χ3v) is 3.66. The number of hydrogen-bond donors (Lipinski definition) is 1. The second-order valence-electron chi connectivity index (χ2n) is 5.78. The summed E-state index contributed by atoms with van der Waals surface area (Å²) in [6.07, 6.45) is 4.64. The van der Waals surface area contributed by atoms with Gasteiger partial charge in [-0.1, -0.05) is 25.4 Å². The molecule has 1 N–H and O–H groups in total. The number of rotatable bonds is 6. The van der Waals surface area contributed by atoms with E-state index < -0.39 is 0 Å². The molecular weight excluding hydrogens is 328 g/mol. The molecule has 0 radical (unpaired) electrons. The summed E-state index contributed by atoms with van der Waals surface area (Å²) in [6, 6.07) is 3.40. The van der Waals surface area contributed by atoms with Gasteiger partial charge in [-0.3, -0.25) is 9.48 Å². The smallest absolute Gasteiger partial charge is 0.248 e. The molecule has 0 saturated heterocycles. The molecule has 7 heteroatoms. The number of methoxy groups -OCH3 is 1. The van der Waals surface area contributed by atoms with Gasteiger partial charge in [-0.25, -0.2) is 4.98 Å². The average molecular weight is 349 g/mol. The van der Waals surface area contributed by atoms with Crippen molar-refractivity contribution in [3.05, 3.63) is 40.8 Å². The van der Waals surface area contributed by atoms with Crippen LogP contribution in [0, 0.1) is 12.8 Å². The Morgan fingerprint density at radius 3 is 2.79 bits per heavy atom.